The van der Waals surface area contributed by atoms with Crippen LogP contribution in [0.2, 0.25) is 0 Å². The molecule has 0 saturated carbocycles. The maximum Gasteiger partial charge on any atom is 0.227 e. The van der Waals surface area contributed by atoms with Crippen LogP contribution in [0.3, 0.4) is 0 Å². The van der Waals surface area contributed by atoms with E-state index in [2.05, 4.69) is 0 Å². The number of fused-ring (bicyclic) bond motifs is 1. The zero-order valence-electron chi connectivity index (χ0n) is 7.75. The minimum Gasteiger partial charge on any atom is -0.506 e. The molecule has 0 radical (unpaired) electrons. The van der Waals surface area contributed by atoms with Crippen molar-refractivity contribution in [2.45, 2.75) is 12.8 Å². The summed E-state index contributed by atoms with van der Waals surface area (Å²) in [6.45, 7) is 0. The first-order chi connectivity index (χ1) is 6.59. The lowest BCUT2D eigenvalue weighted by Crippen LogP contribution is -2.31. The Kier molecular flexibility index (Phi) is 1.91. The molecule has 0 saturated heterocycles. The van der Waals surface area contributed by atoms with Crippen LogP contribution in [0.1, 0.15) is 12.0 Å². The first-order valence-corrected chi connectivity index (χ1v) is 4.37. The highest BCUT2D eigenvalue weighted by Crippen LogP contribution is 2.35. The molecule has 3 nitrogen and oxygen atoms in total. The van der Waals surface area contributed by atoms with E-state index in [0.29, 0.717) is 24.1 Å². The summed E-state index contributed by atoms with van der Waals surface area (Å²) in [6.07, 6.45) is 0.857. The molecule has 1 aromatic carbocycles. The van der Waals surface area contributed by atoms with Crippen LogP contribution < -0.4 is 4.90 Å². The van der Waals surface area contributed by atoms with E-state index in [9.17, 15) is 14.3 Å². The van der Waals surface area contributed by atoms with Crippen LogP contribution in [0.4, 0.5) is 10.1 Å². The minimum absolute atomic E-state index is 0.0561. The number of amides is 1. The van der Waals surface area contributed by atoms with Crippen LogP contribution >= 0.6 is 0 Å². The highest BCUT2D eigenvalue weighted by molar-refractivity contribution is 5.97. The van der Waals surface area contributed by atoms with Crippen molar-refractivity contribution in [2.75, 3.05) is 11.9 Å². The van der Waals surface area contributed by atoms with E-state index >= 15 is 0 Å². The largest absolute Gasteiger partial charge is 0.506 e. The van der Waals surface area contributed by atoms with Crippen LogP contribution in [-0.2, 0) is 11.2 Å². The Morgan fingerprint density at radius 3 is 2.86 bits per heavy atom. The second kappa shape index (κ2) is 2.97. The number of carbonyl (C=O) groups excluding carboxylic acids is 1. The summed E-state index contributed by atoms with van der Waals surface area (Å²) in [6, 6.07) is 2.38. The number of phenolic OH excluding ortho intramolecular Hbond substituents is 1. The average molecular weight is 195 g/mol. The first-order valence-electron chi connectivity index (χ1n) is 4.37. The van der Waals surface area contributed by atoms with Gasteiger partial charge in [0.2, 0.25) is 5.91 Å². The molecule has 74 valence electrons. The van der Waals surface area contributed by atoms with Crippen LogP contribution in [0.5, 0.6) is 5.75 Å². The van der Waals surface area contributed by atoms with Gasteiger partial charge in [-0.05, 0) is 18.1 Å². The number of anilines is 1. The number of halogens is 1. The van der Waals surface area contributed by atoms with Crippen molar-refractivity contribution in [1.29, 1.82) is 0 Å². The Labute approximate surface area is 80.8 Å². The molecular weight excluding hydrogens is 185 g/mol. The zero-order chi connectivity index (χ0) is 10.3. The second-order valence-corrected chi connectivity index (χ2v) is 3.39. The van der Waals surface area contributed by atoms with Crippen LogP contribution in [0.25, 0.3) is 0 Å². The van der Waals surface area contributed by atoms with Gasteiger partial charge in [-0.25, -0.2) is 4.39 Å². The predicted octanol–water partition coefficient (Wildman–Crippen LogP) is 1.44. The lowest BCUT2D eigenvalue weighted by Gasteiger charge is -2.26. The number of nitrogens with zero attached hydrogens (tertiary/aromatic N) is 1. The average Bonchev–Trinajstić information content (AvgIpc) is 2.10. The van der Waals surface area contributed by atoms with E-state index in [4.69, 9.17) is 0 Å². The highest BCUT2D eigenvalue weighted by atomic mass is 19.1. The van der Waals surface area contributed by atoms with Crippen LogP contribution in [0, 0.1) is 5.82 Å². The zero-order valence-corrected chi connectivity index (χ0v) is 7.75. The molecule has 0 fully saturated rings. The molecule has 4 heteroatoms. The Hall–Kier alpha value is -1.58. The van der Waals surface area contributed by atoms with E-state index < -0.39 is 5.82 Å². The summed E-state index contributed by atoms with van der Waals surface area (Å²) < 4.78 is 12.9. The Balaban J connectivity index is 2.60. The number of benzene rings is 1. The van der Waals surface area contributed by atoms with Gasteiger partial charge in [0.05, 0.1) is 5.69 Å². The summed E-state index contributed by atoms with van der Waals surface area (Å²) in [5, 5.41) is 9.49. The topological polar surface area (TPSA) is 40.5 Å². The second-order valence-electron chi connectivity index (χ2n) is 3.39. The standard InChI is InChI=1S/C10H10FNO2/c1-12-9(14)3-2-6-4-7(11)5-8(13)10(6)12/h4-5,13H,2-3H2,1H3. The van der Waals surface area contributed by atoms with Crippen LogP contribution in [0.15, 0.2) is 12.1 Å². The Morgan fingerprint density at radius 1 is 1.43 bits per heavy atom. The molecular formula is C10H10FNO2. The van der Waals surface area contributed by atoms with Gasteiger partial charge in [-0.3, -0.25) is 4.79 Å². The molecule has 14 heavy (non-hydrogen) atoms. The summed E-state index contributed by atoms with van der Waals surface area (Å²) >= 11 is 0. The van der Waals surface area contributed by atoms with Gasteiger partial charge in [-0.2, -0.15) is 0 Å². The molecule has 0 spiro atoms. The molecule has 0 aromatic heterocycles. The SMILES string of the molecule is CN1C(=O)CCc2cc(F)cc(O)c21. The summed E-state index contributed by atoms with van der Waals surface area (Å²) in [7, 11) is 1.58. The van der Waals surface area contributed by atoms with E-state index in [-0.39, 0.29) is 11.7 Å². The fourth-order valence-corrected chi connectivity index (χ4v) is 1.75. The van der Waals surface area contributed by atoms with Crippen molar-refractivity contribution in [3.05, 3.63) is 23.5 Å². The lowest BCUT2D eigenvalue weighted by atomic mass is 10.0. The normalized spacial score (nSPS) is 15.6. The monoisotopic (exact) mass is 195 g/mol. The molecule has 0 bridgehead atoms. The number of hydrogen-bond donors (Lipinski definition) is 1. The number of phenols is 1. The number of aryl methyl sites for hydroxylation is 1. The third kappa shape index (κ3) is 1.23. The maximum absolute atomic E-state index is 12.9. The fraction of sp³-hybridized carbons (Fsp3) is 0.300. The number of hydrogen-bond acceptors (Lipinski definition) is 2. The molecule has 0 aliphatic carbocycles. The molecule has 2 rings (SSSR count). The molecule has 1 heterocycles. The van der Waals surface area contributed by atoms with Gasteiger partial charge >= 0.3 is 0 Å². The van der Waals surface area contributed by atoms with Gasteiger partial charge in [0.25, 0.3) is 0 Å². The predicted molar refractivity (Wildman–Crippen MR) is 49.8 cm³/mol. The van der Waals surface area contributed by atoms with Crippen molar-refractivity contribution in [1.82, 2.24) is 0 Å². The summed E-state index contributed by atoms with van der Waals surface area (Å²) in [5.41, 5.74) is 1.12. The highest BCUT2D eigenvalue weighted by Gasteiger charge is 2.24. The van der Waals surface area contributed by atoms with Gasteiger partial charge in [-0.1, -0.05) is 0 Å². The van der Waals surface area contributed by atoms with E-state index in [1.165, 1.54) is 11.0 Å². The van der Waals surface area contributed by atoms with Crippen molar-refractivity contribution >= 4 is 11.6 Å². The quantitative estimate of drug-likeness (QED) is 0.680. The molecule has 1 aliphatic heterocycles. The molecule has 0 atom stereocenters. The van der Waals surface area contributed by atoms with Gasteiger partial charge in [0.15, 0.2) is 0 Å². The molecule has 1 aromatic rings. The summed E-state index contributed by atoms with van der Waals surface area (Å²) in [4.78, 5) is 12.7. The fourth-order valence-electron chi connectivity index (χ4n) is 1.75. The maximum atomic E-state index is 12.9. The van der Waals surface area contributed by atoms with E-state index in [0.717, 1.165) is 6.07 Å². The third-order valence-corrected chi connectivity index (χ3v) is 2.45. The number of carbonyl (C=O) groups is 1. The van der Waals surface area contributed by atoms with Gasteiger partial charge in [0, 0.05) is 19.5 Å². The molecule has 0 unspecified atom stereocenters. The minimum atomic E-state index is -0.469. The van der Waals surface area contributed by atoms with E-state index in [1.54, 1.807) is 7.05 Å². The van der Waals surface area contributed by atoms with Gasteiger partial charge in [0.1, 0.15) is 11.6 Å². The van der Waals surface area contributed by atoms with Crippen molar-refractivity contribution in [2.24, 2.45) is 0 Å². The Bertz CT molecular complexity index is 403. The molecule has 1 amide bonds. The third-order valence-electron chi connectivity index (χ3n) is 2.45. The summed E-state index contributed by atoms with van der Waals surface area (Å²) in [5.74, 6) is -0.695. The van der Waals surface area contributed by atoms with Crippen molar-refractivity contribution in [3.63, 3.8) is 0 Å². The van der Waals surface area contributed by atoms with Crippen molar-refractivity contribution in [3.8, 4) is 5.75 Å². The first kappa shape index (κ1) is 8.99. The van der Waals surface area contributed by atoms with Gasteiger partial charge < -0.3 is 10.0 Å². The van der Waals surface area contributed by atoms with E-state index in [1.807, 2.05) is 0 Å². The number of rotatable bonds is 0. The number of aromatic hydroxyl groups is 1. The van der Waals surface area contributed by atoms with Crippen LogP contribution in [-0.4, -0.2) is 18.1 Å². The smallest absolute Gasteiger partial charge is 0.227 e. The molecule has 1 aliphatic rings. The van der Waals surface area contributed by atoms with Gasteiger partial charge in [-0.15, -0.1) is 0 Å². The lowest BCUT2D eigenvalue weighted by molar-refractivity contribution is -0.118. The Morgan fingerprint density at radius 2 is 2.14 bits per heavy atom. The van der Waals surface area contributed by atoms with Crippen molar-refractivity contribution < 1.29 is 14.3 Å². The molecule has 1 N–H and O–H groups in total.